The molecule has 0 amide bonds. The van der Waals surface area contributed by atoms with Gasteiger partial charge in [0.2, 0.25) is 0 Å². The van der Waals surface area contributed by atoms with Gasteiger partial charge < -0.3 is 11.0 Å². The van der Waals surface area contributed by atoms with Crippen molar-refractivity contribution in [1.82, 2.24) is 0 Å². The van der Waals surface area contributed by atoms with Crippen molar-refractivity contribution in [2.45, 2.75) is 0 Å². The molecule has 7 heavy (non-hydrogen) atoms. The summed E-state index contributed by atoms with van der Waals surface area (Å²) in [4.78, 5) is 0. The quantitative estimate of drug-likeness (QED) is 0.465. The van der Waals surface area contributed by atoms with Crippen LogP contribution in [0.15, 0.2) is 0 Å². The Morgan fingerprint density at radius 1 is 1.00 bits per heavy atom. The van der Waals surface area contributed by atoms with Gasteiger partial charge in [0.1, 0.15) is 0 Å². The summed E-state index contributed by atoms with van der Waals surface area (Å²) in [6, 6.07) is 0. The van der Waals surface area contributed by atoms with E-state index in [4.69, 9.17) is 8.92 Å². The fourth-order valence-electron chi connectivity index (χ4n) is 0. The average molecular weight is 208 g/mol. The molecule has 0 fully saturated rings. The molecule has 0 heterocycles. The fraction of sp³-hybridized carbons (Fsp3) is 0. The third-order valence-corrected chi connectivity index (χ3v) is 0. The first-order valence-electron chi connectivity index (χ1n) is 0.408. The monoisotopic (exact) mass is 206 g/mol. The van der Waals surface area contributed by atoms with Gasteiger partial charge in [0.25, 0.3) is 0 Å². The van der Waals surface area contributed by atoms with Crippen molar-refractivity contribution < 1.29 is 46.1 Å². The van der Waals surface area contributed by atoms with E-state index in [1.165, 1.54) is 0 Å². The molecule has 0 saturated carbocycles. The first-order chi connectivity index (χ1) is 1.41. The van der Waals surface area contributed by atoms with Crippen molar-refractivity contribution in [3.8, 4) is 0 Å². The van der Waals surface area contributed by atoms with Crippen LogP contribution in [-0.2, 0) is 46.1 Å². The van der Waals surface area contributed by atoms with E-state index >= 15 is 0 Å². The summed E-state index contributed by atoms with van der Waals surface area (Å²) in [6.07, 6.45) is 0. The van der Waals surface area contributed by atoms with Gasteiger partial charge in [-0.1, -0.05) is 0 Å². The maximum Gasteiger partial charge on any atom is 4.00 e. The molecule has 7 heteroatoms. The van der Waals surface area contributed by atoms with Crippen molar-refractivity contribution in [2.24, 2.45) is 0 Å². The van der Waals surface area contributed by atoms with Crippen LogP contribution >= 0.6 is 0 Å². The van der Waals surface area contributed by atoms with Gasteiger partial charge in [0.05, 0.1) is 0 Å². The maximum atomic E-state index is 8.40. The minimum Gasteiger partial charge on any atom is -2.00 e. The van der Waals surface area contributed by atoms with E-state index in [1.807, 2.05) is 0 Å². The molecular formula is MgO4SiZr+2. The zero-order valence-electron chi connectivity index (χ0n) is 3.34. The molecule has 0 aliphatic rings. The van der Waals surface area contributed by atoms with Gasteiger partial charge in [-0.25, -0.2) is 0 Å². The maximum absolute atomic E-state index is 8.40. The molecule has 0 aromatic heterocycles. The number of hydrogen-bond donors (Lipinski definition) is 0. The molecule has 0 aromatic rings. The summed E-state index contributed by atoms with van der Waals surface area (Å²) < 4.78 is 16.8. The molecular weight excluding hydrogens is 208 g/mol. The molecule has 0 saturated heterocycles. The van der Waals surface area contributed by atoms with E-state index in [1.54, 1.807) is 0 Å². The van der Waals surface area contributed by atoms with Crippen LogP contribution < -0.4 is 0 Å². The molecule has 32 valence electrons. The van der Waals surface area contributed by atoms with Crippen LogP contribution in [0, 0.1) is 0 Å². The molecule has 0 spiro atoms. The number of hydrogen-bond acceptors (Lipinski definition) is 2. The van der Waals surface area contributed by atoms with E-state index in [2.05, 4.69) is 0 Å². The van der Waals surface area contributed by atoms with Crippen LogP contribution in [0.3, 0.4) is 0 Å². The van der Waals surface area contributed by atoms with Crippen molar-refractivity contribution in [3.05, 3.63) is 0 Å². The first-order valence-corrected chi connectivity index (χ1v) is 1.22. The van der Waals surface area contributed by atoms with Crippen LogP contribution in [0.2, 0.25) is 0 Å². The second-order valence-electron chi connectivity index (χ2n) is 0.0833. The standard InChI is InChI=1S/Mg.O2Si.2O.Zr/c;1-3-2;;;/q+2;;2*-2;+4. The van der Waals surface area contributed by atoms with Crippen molar-refractivity contribution in [1.29, 1.82) is 0 Å². The van der Waals surface area contributed by atoms with E-state index in [0.29, 0.717) is 0 Å². The minimum atomic E-state index is -1.42. The SMILES string of the molecule is O=[Si]=O.[Mg+2].[O-2].[O-2].[Zr+4]. The molecule has 0 unspecified atom stereocenters. The Labute approximate surface area is 77.9 Å². The molecule has 0 aromatic carbocycles. The first kappa shape index (κ1) is 39.9. The average Bonchev–Trinajstić information content (AvgIpc) is 0.918. The Balaban J connectivity index is -0.00000000333. The van der Waals surface area contributed by atoms with Gasteiger partial charge in [-0.3, -0.25) is 8.92 Å². The third kappa shape index (κ3) is 112. The topological polar surface area (TPSA) is 91.1 Å². The summed E-state index contributed by atoms with van der Waals surface area (Å²) in [6.45, 7) is 0. The van der Waals surface area contributed by atoms with Crippen LogP contribution in [0.25, 0.3) is 0 Å². The summed E-state index contributed by atoms with van der Waals surface area (Å²) in [7, 11) is -1.42. The van der Waals surface area contributed by atoms with E-state index in [0.717, 1.165) is 0 Å². The second-order valence-corrected chi connectivity index (χ2v) is 0.250. The molecule has 0 aliphatic carbocycles. The van der Waals surface area contributed by atoms with Crippen LogP contribution in [0.5, 0.6) is 0 Å². The van der Waals surface area contributed by atoms with E-state index in [-0.39, 0.29) is 60.2 Å². The van der Waals surface area contributed by atoms with E-state index in [9.17, 15) is 0 Å². The smallest absolute Gasteiger partial charge is 2.00 e. The minimum absolute atomic E-state index is 0. The van der Waals surface area contributed by atoms with Gasteiger partial charge in [0, 0.05) is 0 Å². The Morgan fingerprint density at radius 3 is 1.00 bits per heavy atom. The van der Waals surface area contributed by atoms with Crippen molar-refractivity contribution in [2.75, 3.05) is 0 Å². The largest absolute Gasteiger partial charge is 4.00 e. The zero-order chi connectivity index (χ0) is 2.71. The second kappa shape index (κ2) is 52.9. The van der Waals surface area contributed by atoms with Gasteiger partial charge in [0.15, 0.2) is 0 Å². The molecule has 0 N–H and O–H groups in total. The summed E-state index contributed by atoms with van der Waals surface area (Å²) in [5, 5.41) is 0. The van der Waals surface area contributed by atoms with Gasteiger partial charge >= 0.3 is 58.5 Å². The molecule has 0 radical (unpaired) electrons. The third-order valence-electron chi connectivity index (χ3n) is 0. The molecule has 4 nitrogen and oxygen atoms in total. The molecule has 0 aliphatic heterocycles. The Bertz CT molecular complexity index is 32.7. The van der Waals surface area contributed by atoms with E-state index < -0.39 is 9.29 Å². The van der Waals surface area contributed by atoms with Crippen LogP contribution in [0.1, 0.15) is 0 Å². The van der Waals surface area contributed by atoms with Gasteiger partial charge in [-0.05, 0) is 0 Å². The Morgan fingerprint density at radius 2 is 1.00 bits per heavy atom. The van der Waals surface area contributed by atoms with Gasteiger partial charge in [-0.15, -0.1) is 0 Å². The summed E-state index contributed by atoms with van der Waals surface area (Å²) >= 11 is 0. The summed E-state index contributed by atoms with van der Waals surface area (Å²) in [5.41, 5.74) is 0. The summed E-state index contributed by atoms with van der Waals surface area (Å²) in [5.74, 6) is 0. The zero-order valence-corrected chi connectivity index (χ0v) is 8.21. The predicted molar refractivity (Wildman–Crippen MR) is 14.3 cm³/mol. The molecule has 0 rings (SSSR count). The number of rotatable bonds is 0. The Kier molecular flexibility index (Phi) is 302. The van der Waals surface area contributed by atoms with Crippen molar-refractivity contribution >= 4 is 32.3 Å². The molecule has 0 bridgehead atoms. The van der Waals surface area contributed by atoms with Crippen LogP contribution in [-0.4, -0.2) is 32.3 Å². The normalized spacial score (nSPS) is 1.14. The van der Waals surface area contributed by atoms with Crippen LogP contribution in [0.4, 0.5) is 0 Å². The Hall–Kier alpha value is 1.39. The fourth-order valence-corrected chi connectivity index (χ4v) is 0. The van der Waals surface area contributed by atoms with Gasteiger partial charge in [-0.2, -0.15) is 0 Å². The molecule has 0 atom stereocenters. The van der Waals surface area contributed by atoms with Crippen molar-refractivity contribution in [3.63, 3.8) is 0 Å². The predicted octanol–water partition coefficient (Wildman–Crippen LogP) is -1.24.